The van der Waals surface area contributed by atoms with Gasteiger partial charge in [0.15, 0.2) is 0 Å². The van der Waals surface area contributed by atoms with Crippen molar-refractivity contribution in [2.24, 2.45) is 0 Å². The summed E-state index contributed by atoms with van der Waals surface area (Å²) >= 11 is 1.35. The highest BCUT2D eigenvalue weighted by atomic mass is 32.1. The fraction of sp³-hybridized carbons (Fsp3) is 0.412. The molecule has 0 saturated carbocycles. The molecule has 2 heterocycles. The second-order valence-corrected chi connectivity index (χ2v) is 6.78. The second-order valence-electron chi connectivity index (χ2n) is 5.77. The normalized spacial score (nSPS) is 17.3. The fourth-order valence-corrected chi connectivity index (χ4v) is 3.54. The number of benzene rings is 1. The van der Waals surface area contributed by atoms with Crippen LogP contribution in [0.4, 0.5) is 10.8 Å². The van der Waals surface area contributed by atoms with Crippen molar-refractivity contribution in [3.05, 3.63) is 34.8 Å². The first-order valence-corrected chi connectivity index (χ1v) is 8.95. The van der Waals surface area contributed by atoms with E-state index in [0.717, 1.165) is 17.1 Å². The lowest BCUT2D eigenvalue weighted by molar-refractivity contribution is -0.117. The van der Waals surface area contributed by atoms with Gasteiger partial charge in [0, 0.05) is 31.0 Å². The molecule has 0 radical (unpaired) electrons. The largest absolute Gasteiger partial charge is 0.312 e. The Balaban J connectivity index is 1.71. The van der Waals surface area contributed by atoms with Crippen molar-refractivity contribution in [1.82, 2.24) is 10.2 Å². The highest BCUT2D eigenvalue weighted by Gasteiger charge is 2.33. The second kappa shape index (κ2) is 7.09. The molecule has 1 atom stereocenters. The molecular weight excluding hydrogens is 324 g/mol. The molecule has 1 aromatic heterocycles. The summed E-state index contributed by atoms with van der Waals surface area (Å²) in [5.41, 5.74) is 2.17. The first-order chi connectivity index (χ1) is 11.6. The SMILES string of the molecule is CCC(=O)Nc1nnc(C2CC(=O)N(c3ccc(CC)cc3)C2)s1. The van der Waals surface area contributed by atoms with Crippen LogP contribution in [0.5, 0.6) is 0 Å². The molecular formula is C17H20N4O2S. The van der Waals surface area contributed by atoms with E-state index in [1.807, 2.05) is 12.1 Å². The van der Waals surface area contributed by atoms with Gasteiger partial charge < -0.3 is 10.2 Å². The number of carbonyl (C=O) groups excluding carboxylic acids is 2. The summed E-state index contributed by atoms with van der Waals surface area (Å²) in [6, 6.07) is 8.09. The van der Waals surface area contributed by atoms with Gasteiger partial charge in [0.05, 0.1) is 0 Å². The maximum atomic E-state index is 12.4. The van der Waals surface area contributed by atoms with Crippen LogP contribution in [0.1, 0.15) is 43.2 Å². The van der Waals surface area contributed by atoms with Gasteiger partial charge in [-0.05, 0) is 24.1 Å². The minimum Gasteiger partial charge on any atom is -0.312 e. The van der Waals surface area contributed by atoms with E-state index < -0.39 is 0 Å². The number of aryl methyl sites for hydroxylation is 1. The van der Waals surface area contributed by atoms with Crippen molar-refractivity contribution in [3.8, 4) is 0 Å². The Hall–Kier alpha value is -2.28. The quantitative estimate of drug-likeness (QED) is 0.905. The highest BCUT2D eigenvalue weighted by molar-refractivity contribution is 7.15. The molecule has 1 aliphatic rings. The summed E-state index contributed by atoms with van der Waals surface area (Å²) in [5, 5.41) is 12.2. The molecule has 2 aromatic rings. The zero-order chi connectivity index (χ0) is 17.1. The molecule has 24 heavy (non-hydrogen) atoms. The first-order valence-electron chi connectivity index (χ1n) is 8.13. The standard InChI is InChI=1S/C17H20N4O2S/c1-3-11-5-7-13(8-6-11)21-10-12(9-15(21)23)16-19-20-17(24-16)18-14(22)4-2/h5-8,12H,3-4,9-10H2,1-2H3,(H,18,20,22). The van der Waals surface area contributed by atoms with E-state index in [1.54, 1.807) is 11.8 Å². The van der Waals surface area contributed by atoms with Gasteiger partial charge in [-0.15, -0.1) is 10.2 Å². The van der Waals surface area contributed by atoms with Crippen molar-refractivity contribution < 1.29 is 9.59 Å². The van der Waals surface area contributed by atoms with Crippen LogP contribution in [0.25, 0.3) is 0 Å². The van der Waals surface area contributed by atoms with Gasteiger partial charge in [0.25, 0.3) is 0 Å². The number of aromatic nitrogens is 2. The predicted molar refractivity (Wildman–Crippen MR) is 94.4 cm³/mol. The maximum absolute atomic E-state index is 12.4. The third-order valence-corrected chi connectivity index (χ3v) is 5.14. The molecule has 7 heteroatoms. The van der Waals surface area contributed by atoms with Crippen molar-refractivity contribution >= 4 is 34.0 Å². The molecule has 0 spiro atoms. The Bertz CT molecular complexity index is 741. The number of nitrogens with zero attached hydrogens (tertiary/aromatic N) is 3. The van der Waals surface area contributed by atoms with Crippen LogP contribution >= 0.6 is 11.3 Å². The Morgan fingerprint density at radius 2 is 2.04 bits per heavy atom. The molecule has 1 aliphatic heterocycles. The molecule has 0 bridgehead atoms. The van der Waals surface area contributed by atoms with E-state index >= 15 is 0 Å². The van der Waals surface area contributed by atoms with E-state index in [0.29, 0.717) is 24.5 Å². The van der Waals surface area contributed by atoms with E-state index in [9.17, 15) is 9.59 Å². The number of hydrogen-bond acceptors (Lipinski definition) is 5. The lowest BCUT2D eigenvalue weighted by Gasteiger charge is -2.16. The van der Waals surface area contributed by atoms with Crippen LogP contribution in [-0.2, 0) is 16.0 Å². The smallest absolute Gasteiger partial charge is 0.227 e. The molecule has 1 aromatic carbocycles. The summed E-state index contributed by atoms with van der Waals surface area (Å²) in [6.45, 7) is 4.49. The number of rotatable bonds is 5. The van der Waals surface area contributed by atoms with Gasteiger partial charge >= 0.3 is 0 Å². The Morgan fingerprint density at radius 1 is 1.29 bits per heavy atom. The van der Waals surface area contributed by atoms with E-state index in [1.165, 1.54) is 16.9 Å². The van der Waals surface area contributed by atoms with Gasteiger partial charge in [-0.25, -0.2) is 0 Å². The minimum absolute atomic E-state index is 0.0214. The summed E-state index contributed by atoms with van der Waals surface area (Å²) in [5.74, 6) is 0.0320. The van der Waals surface area contributed by atoms with Gasteiger partial charge in [0.2, 0.25) is 16.9 Å². The zero-order valence-electron chi connectivity index (χ0n) is 13.8. The number of nitrogens with one attached hydrogen (secondary N) is 1. The summed E-state index contributed by atoms with van der Waals surface area (Å²) in [4.78, 5) is 25.6. The number of amides is 2. The third kappa shape index (κ3) is 3.46. The van der Waals surface area contributed by atoms with Crippen molar-refractivity contribution in [1.29, 1.82) is 0 Å². The predicted octanol–water partition coefficient (Wildman–Crippen LogP) is 2.97. The first kappa shape index (κ1) is 16.6. The average Bonchev–Trinajstić information content (AvgIpc) is 3.21. The fourth-order valence-electron chi connectivity index (χ4n) is 2.69. The maximum Gasteiger partial charge on any atom is 0.227 e. The minimum atomic E-state index is -0.0853. The van der Waals surface area contributed by atoms with E-state index in [4.69, 9.17) is 0 Å². The van der Waals surface area contributed by atoms with Gasteiger partial charge in [-0.2, -0.15) is 0 Å². The van der Waals surface area contributed by atoms with Crippen LogP contribution in [0.3, 0.4) is 0 Å². The lowest BCUT2D eigenvalue weighted by Crippen LogP contribution is -2.24. The van der Waals surface area contributed by atoms with E-state index in [-0.39, 0.29) is 17.7 Å². The summed E-state index contributed by atoms with van der Waals surface area (Å²) in [6.07, 6.45) is 1.80. The molecule has 1 fully saturated rings. The molecule has 1 N–H and O–H groups in total. The van der Waals surface area contributed by atoms with Gasteiger partial charge in [-0.1, -0.05) is 37.3 Å². The Kier molecular flexibility index (Phi) is 4.89. The summed E-state index contributed by atoms with van der Waals surface area (Å²) in [7, 11) is 0. The van der Waals surface area contributed by atoms with Crippen LogP contribution in [0, 0.1) is 0 Å². The monoisotopic (exact) mass is 344 g/mol. The molecule has 3 rings (SSSR count). The van der Waals surface area contributed by atoms with Crippen molar-refractivity contribution in [2.75, 3.05) is 16.8 Å². The summed E-state index contributed by atoms with van der Waals surface area (Å²) < 4.78 is 0. The average molecular weight is 344 g/mol. The number of hydrogen-bond donors (Lipinski definition) is 1. The van der Waals surface area contributed by atoms with Crippen LogP contribution in [0.15, 0.2) is 24.3 Å². The molecule has 6 nitrogen and oxygen atoms in total. The number of anilines is 2. The molecule has 1 saturated heterocycles. The molecule has 126 valence electrons. The lowest BCUT2D eigenvalue weighted by atomic mass is 10.1. The Labute approximate surface area is 144 Å². The van der Waals surface area contributed by atoms with Crippen molar-refractivity contribution in [3.63, 3.8) is 0 Å². The van der Waals surface area contributed by atoms with Crippen LogP contribution in [-0.4, -0.2) is 28.6 Å². The van der Waals surface area contributed by atoms with Gasteiger partial charge in [-0.3, -0.25) is 9.59 Å². The van der Waals surface area contributed by atoms with Crippen LogP contribution < -0.4 is 10.2 Å². The van der Waals surface area contributed by atoms with Crippen molar-refractivity contribution in [2.45, 2.75) is 39.0 Å². The van der Waals surface area contributed by atoms with Gasteiger partial charge in [0.1, 0.15) is 5.01 Å². The molecule has 0 aliphatic carbocycles. The molecule has 1 unspecified atom stereocenters. The molecule has 2 amide bonds. The number of carbonyl (C=O) groups is 2. The third-order valence-electron chi connectivity index (χ3n) is 4.14. The van der Waals surface area contributed by atoms with Crippen LogP contribution in [0.2, 0.25) is 0 Å². The topological polar surface area (TPSA) is 75.2 Å². The Morgan fingerprint density at radius 3 is 2.71 bits per heavy atom. The highest BCUT2D eigenvalue weighted by Crippen LogP contribution is 2.34. The zero-order valence-corrected chi connectivity index (χ0v) is 14.6. The van der Waals surface area contributed by atoms with E-state index in [2.05, 4.69) is 34.6 Å².